The molecular weight excluding hydrogens is 224 g/mol. The summed E-state index contributed by atoms with van der Waals surface area (Å²) in [6, 6.07) is 0.503. The van der Waals surface area contributed by atoms with Gasteiger partial charge in [0, 0.05) is 19.5 Å². The van der Waals surface area contributed by atoms with E-state index in [1.807, 2.05) is 11.9 Å². The van der Waals surface area contributed by atoms with Crippen molar-refractivity contribution in [3.63, 3.8) is 0 Å². The third-order valence-corrected chi connectivity index (χ3v) is 4.78. The van der Waals surface area contributed by atoms with Crippen molar-refractivity contribution < 1.29 is 4.79 Å². The van der Waals surface area contributed by atoms with E-state index in [1.54, 1.807) is 0 Å². The highest BCUT2D eigenvalue weighted by Gasteiger charge is 2.25. The number of nitrogens with one attached hydrogen (secondary N) is 1. The van der Waals surface area contributed by atoms with Crippen molar-refractivity contribution in [2.24, 2.45) is 11.8 Å². The van der Waals surface area contributed by atoms with Crippen LogP contribution in [0, 0.1) is 11.8 Å². The number of rotatable bonds is 4. The topological polar surface area (TPSA) is 32.3 Å². The second-order valence-electron chi connectivity index (χ2n) is 6.33. The Hall–Kier alpha value is -0.570. The first kappa shape index (κ1) is 13.9. The number of carbonyl (C=O) groups excluding carboxylic acids is 1. The molecule has 1 aliphatic heterocycles. The Labute approximate surface area is 111 Å². The van der Waals surface area contributed by atoms with E-state index >= 15 is 0 Å². The molecule has 104 valence electrons. The maximum absolute atomic E-state index is 12.2. The Kier molecular flexibility index (Phi) is 5.04. The van der Waals surface area contributed by atoms with Crippen LogP contribution in [0.2, 0.25) is 0 Å². The van der Waals surface area contributed by atoms with E-state index in [2.05, 4.69) is 12.2 Å². The van der Waals surface area contributed by atoms with Gasteiger partial charge in [-0.2, -0.15) is 0 Å². The fourth-order valence-corrected chi connectivity index (χ4v) is 3.42. The van der Waals surface area contributed by atoms with Crippen LogP contribution in [-0.2, 0) is 4.79 Å². The monoisotopic (exact) mass is 252 g/mol. The number of carbonyl (C=O) groups is 1. The Morgan fingerprint density at radius 3 is 2.83 bits per heavy atom. The smallest absolute Gasteiger partial charge is 0.222 e. The zero-order valence-corrected chi connectivity index (χ0v) is 12.0. The molecule has 3 nitrogen and oxygen atoms in total. The molecule has 3 unspecified atom stereocenters. The summed E-state index contributed by atoms with van der Waals surface area (Å²) in [5.41, 5.74) is 0. The lowest BCUT2D eigenvalue weighted by atomic mass is 9.86. The van der Waals surface area contributed by atoms with Crippen molar-refractivity contribution in [3.05, 3.63) is 0 Å². The molecule has 0 aromatic heterocycles. The van der Waals surface area contributed by atoms with Crippen molar-refractivity contribution >= 4 is 5.91 Å². The molecule has 0 aromatic rings. The molecule has 0 bridgehead atoms. The normalized spacial score (nSPS) is 32.4. The van der Waals surface area contributed by atoms with E-state index < -0.39 is 0 Å². The summed E-state index contributed by atoms with van der Waals surface area (Å²) < 4.78 is 0. The lowest BCUT2D eigenvalue weighted by molar-refractivity contribution is -0.133. The van der Waals surface area contributed by atoms with Crippen LogP contribution in [0.25, 0.3) is 0 Å². The molecule has 2 fully saturated rings. The summed E-state index contributed by atoms with van der Waals surface area (Å²) in [6.45, 7) is 4.56. The maximum atomic E-state index is 12.2. The van der Waals surface area contributed by atoms with E-state index in [1.165, 1.54) is 32.1 Å². The summed E-state index contributed by atoms with van der Waals surface area (Å²) in [7, 11) is 2.01. The second kappa shape index (κ2) is 6.55. The van der Waals surface area contributed by atoms with Crippen molar-refractivity contribution in [2.45, 2.75) is 57.9 Å². The Bertz CT molecular complexity index is 274. The molecule has 0 spiro atoms. The van der Waals surface area contributed by atoms with Crippen LogP contribution >= 0.6 is 0 Å². The molecule has 2 aliphatic rings. The summed E-state index contributed by atoms with van der Waals surface area (Å²) in [4.78, 5) is 14.3. The largest absolute Gasteiger partial charge is 0.343 e. The number of hydrogen-bond acceptors (Lipinski definition) is 2. The highest BCUT2D eigenvalue weighted by atomic mass is 16.2. The first-order valence-corrected chi connectivity index (χ1v) is 7.63. The van der Waals surface area contributed by atoms with Crippen LogP contribution in [-0.4, -0.2) is 37.0 Å². The average Bonchev–Trinajstić information content (AvgIpc) is 2.88. The van der Waals surface area contributed by atoms with Crippen LogP contribution in [0.15, 0.2) is 0 Å². The van der Waals surface area contributed by atoms with Gasteiger partial charge in [-0.05, 0) is 50.6 Å². The highest BCUT2D eigenvalue weighted by molar-refractivity contribution is 5.76. The van der Waals surface area contributed by atoms with Crippen molar-refractivity contribution in [3.8, 4) is 0 Å². The van der Waals surface area contributed by atoms with E-state index in [0.717, 1.165) is 37.8 Å². The SMILES string of the molecule is CC1CCCC(N(C)C(=O)CCC2CCNC2)C1. The number of hydrogen-bond donors (Lipinski definition) is 1. The first-order chi connectivity index (χ1) is 8.66. The molecule has 1 aliphatic carbocycles. The number of amides is 1. The average molecular weight is 252 g/mol. The van der Waals surface area contributed by atoms with Gasteiger partial charge in [0.1, 0.15) is 0 Å². The minimum absolute atomic E-state index is 0.362. The van der Waals surface area contributed by atoms with Gasteiger partial charge in [0.25, 0.3) is 0 Å². The zero-order valence-electron chi connectivity index (χ0n) is 12.0. The third kappa shape index (κ3) is 3.71. The van der Waals surface area contributed by atoms with Gasteiger partial charge >= 0.3 is 0 Å². The fraction of sp³-hybridized carbons (Fsp3) is 0.933. The highest BCUT2D eigenvalue weighted by Crippen LogP contribution is 2.27. The maximum Gasteiger partial charge on any atom is 0.222 e. The van der Waals surface area contributed by atoms with Gasteiger partial charge in [0.05, 0.1) is 0 Å². The Balaban J connectivity index is 1.73. The standard InChI is InChI=1S/C15H28N2O/c1-12-4-3-5-14(10-12)17(2)15(18)7-6-13-8-9-16-11-13/h12-14,16H,3-11H2,1-2H3. The van der Waals surface area contributed by atoms with Gasteiger partial charge in [0.15, 0.2) is 0 Å². The van der Waals surface area contributed by atoms with Crippen LogP contribution in [0.1, 0.15) is 51.9 Å². The van der Waals surface area contributed by atoms with Crippen LogP contribution in [0.5, 0.6) is 0 Å². The molecule has 0 aromatic carbocycles. The van der Waals surface area contributed by atoms with E-state index in [-0.39, 0.29) is 0 Å². The molecular formula is C15H28N2O. The lowest BCUT2D eigenvalue weighted by Crippen LogP contribution is -2.39. The quantitative estimate of drug-likeness (QED) is 0.833. The van der Waals surface area contributed by atoms with Crippen molar-refractivity contribution in [1.82, 2.24) is 10.2 Å². The van der Waals surface area contributed by atoms with Gasteiger partial charge in [0.2, 0.25) is 5.91 Å². The molecule has 0 radical (unpaired) electrons. The predicted molar refractivity (Wildman–Crippen MR) is 74.4 cm³/mol. The van der Waals surface area contributed by atoms with Crippen LogP contribution in [0.3, 0.4) is 0 Å². The predicted octanol–water partition coefficient (Wildman–Crippen LogP) is 2.41. The number of nitrogens with zero attached hydrogens (tertiary/aromatic N) is 1. The molecule has 3 atom stereocenters. The lowest BCUT2D eigenvalue weighted by Gasteiger charge is -2.34. The third-order valence-electron chi connectivity index (χ3n) is 4.78. The molecule has 1 amide bonds. The molecule has 1 saturated heterocycles. The van der Waals surface area contributed by atoms with E-state index in [9.17, 15) is 4.79 Å². The van der Waals surface area contributed by atoms with Gasteiger partial charge in [-0.15, -0.1) is 0 Å². The molecule has 1 N–H and O–H groups in total. The van der Waals surface area contributed by atoms with E-state index in [0.29, 0.717) is 11.9 Å². The summed E-state index contributed by atoms with van der Waals surface area (Å²) in [5, 5.41) is 3.37. The van der Waals surface area contributed by atoms with Gasteiger partial charge < -0.3 is 10.2 Å². The first-order valence-electron chi connectivity index (χ1n) is 7.63. The van der Waals surface area contributed by atoms with Gasteiger partial charge in [-0.1, -0.05) is 19.8 Å². The van der Waals surface area contributed by atoms with Crippen molar-refractivity contribution in [1.29, 1.82) is 0 Å². The van der Waals surface area contributed by atoms with Crippen LogP contribution < -0.4 is 5.32 Å². The second-order valence-corrected chi connectivity index (χ2v) is 6.33. The Morgan fingerprint density at radius 1 is 1.33 bits per heavy atom. The minimum Gasteiger partial charge on any atom is -0.343 e. The molecule has 3 heteroatoms. The fourth-order valence-electron chi connectivity index (χ4n) is 3.42. The molecule has 1 saturated carbocycles. The Morgan fingerprint density at radius 2 is 2.17 bits per heavy atom. The summed E-state index contributed by atoms with van der Waals surface area (Å²) >= 11 is 0. The zero-order chi connectivity index (χ0) is 13.0. The van der Waals surface area contributed by atoms with Crippen LogP contribution in [0.4, 0.5) is 0 Å². The minimum atomic E-state index is 0.362. The van der Waals surface area contributed by atoms with Crippen molar-refractivity contribution in [2.75, 3.05) is 20.1 Å². The van der Waals surface area contributed by atoms with Gasteiger partial charge in [-0.25, -0.2) is 0 Å². The molecule has 1 heterocycles. The van der Waals surface area contributed by atoms with E-state index in [4.69, 9.17) is 0 Å². The van der Waals surface area contributed by atoms with Gasteiger partial charge in [-0.3, -0.25) is 4.79 Å². The molecule has 18 heavy (non-hydrogen) atoms. The summed E-state index contributed by atoms with van der Waals surface area (Å²) in [6.07, 6.45) is 8.09. The summed E-state index contributed by atoms with van der Waals surface area (Å²) in [5.74, 6) is 1.88. The molecule has 2 rings (SSSR count).